The number of rotatable bonds is 47. The fraction of sp³-hybridized carbons (Fsp3) is 0.898. The maximum atomic E-state index is 12.9. The van der Waals surface area contributed by atoms with E-state index in [0.29, 0.717) is 12.8 Å². The third-order valence-electron chi connectivity index (χ3n) is 11.4. The number of unbranched alkanes of at least 4 members (excludes halogenated alkanes) is 29. The minimum absolute atomic E-state index is 0.0583. The number of nitrogens with one attached hydrogen (secondary N) is 1. The Morgan fingerprint density at radius 2 is 0.966 bits per heavy atom. The number of allylic oxidation sites excluding steroid dienone is 4. The smallest absolute Gasteiger partial charge is 0.393 e. The first kappa shape index (κ1) is 57.9. The molecule has 0 radical (unpaired) electrons. The van der Waals surface area contributed by atoms with E-state index in [1.54, 1.807) is 0 Å². The van der Waals surface area contributed by atoms with Crippen molar-refractivity contribution in [1.82, 2.24) is 5.32 Å². The molecular formula is C49H97N2O7P. The van der Waals surface area contributed by atoms with Gasteiger partial charge in [0.15, 0.2) is 0 Å². The molecule has 0 heterocycles. The van der Waals surface area contributed by atoms with Gasteiger partial charge >= 0.3 is 7.82 Å². The Balaban J connectivity index is 4.18. The second kappa shape index (κ2) is 45.0. The first-order valence-corrected chi connectivity index (χ1v) is 26.5. The summed E-state index contributed by atoms with van der Waals surface area (Å²) in [5.41, 5.74) is 5.38. The van der Waals surface area contributed by atoms with Crippen molar-refractivity contribution in [2.45, 2.75) is 263 Å². The van der Waals surface area contributed by atoms with E-state index in [2.05, 4.69) is 43.5 Å². The SMILES string of the molecule is CCCCCCCCCCC/C=C\C/C=C\CCCCCCCC(O)CC(=O)NC(COP(=O)(O)OCCN)C(O)CCCCCCCCCCCCCCCCCC. The first-order valence-electron chi connectivity index (χ1n) is 25.0. The highest BCUT2D eigenvalue weighted by Gasteiger charge is 2.28. The zero-order valence-electron chi connectivity index (χ0n) is 38.6. The van der Waals surface area contributed by atoms with Crippen LogP contribution in [0, 0.1) is 0 Å². The Labute approximate surface area is 364 Å². The second-order valence-electron chi connectivity index (χ2n) is 17.2. The number of amides is 1. The quantitative estimate of drug-likeness (QED) is 0.0230. The van der Waals surface area contributed by atoms with Crippen molar-refractivity contribution in [3.8, 4) is 0 Å². The summed E-state index contributed by atoms with van der Waals surface area (Å²) in [6.07, 6.45) is 49.4. The number of carbonyl (C=O) groups excluding carboxylic acids is 1. The molecule has 0 aliphatic rings. The molecule has 0 saturated heterocycles. The van der Waals surface area contributed by atoms with Gasteiger partial charge in [-0.05, 0) is 44.9 Å². The molecule has 0 rings (SSSR count). The van der Waals surface area contributed by atoms with E-state index in [1.807, 2.05) is 0 Å². The molecule has 1 amide bonds. The lowest BCUT2D eigenvalue weighted by Gasteiger charge is -2.25. The van der Waals surface area contributed by atoms with E-state index in [0.717, 1.165) is 64.2 Å². The van der Waals surface area contributed by atoms with Gasteiger partial charge in [0.2, 0.25) is 5.91 Å². The standard InChI is InChI=1S/C49H97N2O7P/c1-3-5-7-9-11-13-15-17-19-21-22-23-24-25-26-28-30-32-34-36-38-40-46(52)44-49(54)51-47(45-58-59(55,56)57-43-42-50)48(53)41-39-37-35-33-31-29-27-20-18-16-14-12-10-8-6-4-2/h22-23,25-26,46-48,52-53H,3-21,24,27-45,50H2,1-2H3,(H,51,54)(H,55,56)/b23-22-,26-25-. The molecule has 0 aromatic heterocycles. The van der Waals surface area contributed by atoms with Gasteiger partial charge in [-0.25, -0.2) is 4.57 Å². The maximum absolute atomic E-state index is 12.9. The van der Waals surface area contributed by atoms with E-state index in [-0.39, 0.29) is 26.2 Å². The van der Waals surface area contributed by atoms with Crippen molar-refractivity contribution in [2.75, 3.05) is 19.8 Å². The second-order valence-corrected chi connectivity index (χ2v) is 18.7. The van der Waals surface area contributed by atoms with Gasteiger partial charge in [-0.2, -0.15) is 0 Å². The van der Waals surface area contributed by atoms with E-state index < -0.39 is 32.0 Å². The molecule has 0 aliphatic carbocycles. The summed E-state index contributed by atoms with van der Waals surface area (Å²) in [6, 6.07) is -0.900. The number of hydrogen-bond acceptors (Lipinski definition) is 7. The van der Waals surface area contributed by atoms with Crippen LogP contribution in [0.3, 0.4) is 0 Å². The number of nitrogens with two attached hydrogens (primary N) is 1. The van der Waals surface area contributed by atoms with Gasteiger partial charge in [0, 0.05) is 6.54 Å². The molecule has 0 fully saturated rings. The highest BCUT2D eigenvalue weighted by molar-refractivity contribution is 7.47. The summed E-state index contributed by atoms with van der Waals surface area (Å²) in [5.74, 6) is -0.419. The van der Waals surface area contributed by atoms with Crippen molar-refractivity contribution >= 4 is 13.7 Å². The van der Waals surface area contributed by atoms with Gasteiger partial charge in [0.05, 0.1) is 37.9 Å². The maximum Gasteiger partial charge on any atom is 0.472 e. The van der Waals surface area contributed by atoms with Crippen molar-refractivity contribution in [2.24, 2.45) is 5.73 Å². The summed E-state index contributed by atoms with van der Waals surface area (Å²) in [6.45, 7) is 4.06. The molecule has 4 unspecified atom stereocenters. The van der Waals surface area contributed by atoms with Crippen LogP contribution in [0.15, 0.2) is 24.3 Å². The summed E-state index contributed by atoms with van der Waals surface area (Å²) >= 11 is 0. The van der Waals surface area contributed by atoms with Crippen molar-refractivity contribution in [3.05, 3.63) is 24.3 Å². The minimum atomic E-state index is -4.38. The van der Waals surface area contributed by atoms with Crippen molar-refractivity contribution in [1.29, 1.82) is 0 Å². The molecule has 0 aromatic carbocycles. The molecule has 6 N–H and O–H groups in total. The largest absolute Gasteiger partial charge is 0.472 e. The molecule has 0 saturated carbocycles. The number of phosphoric ester groups is 1. The summed E-state index contributed by atoms with van der Waals surface area (Å²) in [4.78, 5) is 22.9. The Hall–Kier alpha value is -1.06. The molecule has 0 aliphatic heterocycles. The summed E-state index contributed by atoms with van der Waals surface area (Å²) in [7, 11) is -4.38. The third kappa shape index (κ3) is 43.4. The fourth-order valence-corrected chi connectivity index (χ4v) is 8.32. The van der Waals surface area contributed by atoms with E-state index in [1.165, 1.54) is 148 Å². The molecular weight excluding hydrogens is 760 g/mol. The molecule has 0 aromatic rings. The molecule has 59 heavy (non-hydrogen) atoms. The monoisotopic (exact) mass is 857 g/mol. The fourth-order valence-electron chi connectivity index (χ4n) is 7.57. The van der Waals surface area contributed by atoms with Crippen LogP contribution in [-0.2, 0) is 18.4 Å². The molecule has 0 spiro atoms. The predicted octanol–water partition coefficient (Wildman–Crippen LogP) is 13.5. The average molecular weight is 857 g/mol. The van der Waals surface area contributed by atoms with Crippen LogP contribution in [0.2, 0.25) is 0 Å². The van der Waals surface area contributed by atoms with E-state index in [4.69, 9.17) is 14.8 Å². The van der Waals surface area contributed by atoms with Crippen LogP contribution in [0.1, 0.15) is 245 Å². The van der Waals surface area contributed by atoms with Crippen LogP contribution in [0.25, 0.3) is 0 Å². The molecule has 9 nitrogen and oxygen atoms in total. The normalized spacial score (nSPS) is 14.6. The van der Waals surface area contributed by atoms with Gasteiger partial charge in [-0.15, -0.1) is 0 Å². The van der Waals surface area contributed by atoms with Gasteiger partial charge in [-0.1, -0.05) is 218 Å². The number of carbonyl (C=O) groups is 1. The topological polar surface area (TPSA) is 151 Å². The number of aliphatic hydroxyl groups excluding tert-OH is 2. The van der Waals surface area contributed by atoms with Gasteiger partial charge < -0.3 is 26.2 Å². The van der Waals surface area contributed by atoms with Crippen molar-refractivity contribution < 1.29 is 33.5 Å². The lowest BCUT2D eigenvalue weighted by atomic mass is 10.0. The third-order valence-corrected chi connectivity index (χ3v) is 12.3. The van der Waals surface area contributed by atoms with Crippen LogP contribution >= 0.6 is 7.82 Å². The zero-order chi connectivity index (χ0) is 43.3. The Kier molecular flexibility index (Phi) is 44.2. The Bertz CT molecular complexity index is 997. The van der Waals surface area contributed by atoms with Crippen LogP contribution in [0.5, 0.6) is 0 Å². The van der Waals surface area contributed by atoms with Crippen LogP contribution < -0.4 is 11.1 Å². The molecule has 350 valence electrons. The number of hydrogen-bond donors (Lipinski definition) is 5. The zero-order valence-corrected chi connectivity index (χ0v) is 39.5. The number of phosphoric acid groups is 1. The highest BCUT2D eigenvalue weighted by Crippen LogP contribution is 2.43. The van der Waals surface area contributed by atoms with Crippen LogP contribution in [-0.4, -0.2) is 59.0 Å². The number of aliphatic hydroxyl groups is 2. The summed E-state index contributed by atoms with van der Waals surface area (Å²) < 4.78 is 22.2. The Morgan fingerprint density at radius 3 is 1.39 bits per heavy atom. The highest BCUT2D eigenvalue weighted by atomic mass is 31.2. The van der Waals surface area contributed by atoms with Crippen LogP contribution in [0.4, 0.5) is 0 Å². The lowest BCUT2D eigenvalue weighted by Crippen LogP contribution is -2.47. The van der Waals surface area contributed by atoms with E-state index >= 15 is 0 Å². The van der Waals surface area contributed by atoms with Gasteiger partial charge in [-0.3, -0.25) is 13.8 Å². The van der Waals surface area contributed by atoms with E-state index in [9.17, 15) is 24.5 Å². The van der Waals surface area contributed by atoms with Crippen molar-refractivity contribution in [3.63, 3.8) is 0 Å². The Morgan fingerprint density at radius 1 is 0.576 bits per heavy atom. The summed E-state index contributed by atoms with van der Waals surface area (Å²) in [5, 5.41) is 24.3. The molecule has 0 bridgehead atoms. The van der Waals surface area contributed by atoms with Gasteiger partial charge in [0.25, 0.3) is 0 Å². The minimum Gasteiger partial charge on any atom is -0.393 e. The molecule has 10 heteroatoms. The average Bonchev–Trinajstić information content (AvgIpc) is 3.21. The predicted molar refractivity (Wildman–Crippen MR) is 251 cm³/mol. The van der Waals surface area contributed by atoms with Gasteiger partial charge in [0.1, 0.15) is 0 Å². The lowest BCUT2D eigenvalue weighted by molar-refractivity contribution is -0.125. The molecule has 4 atom stereocenters. The first-order chi connectivity index (χ1) is 28.8.